The number of aryl methyl sites for hydroxylation is 2. The molecule has 94 valence electrons. The number of pyridine rings is 1. The average molecular weight is 241 g/mol. The highest BCUT2D eigenvalue weighted by Gasteiger charge is 2.00. The number of benzene rings is 1. The zero-order chi connectivity index (χ0) is 13.0. The molecule has 0 aliphatic heterocycles. The van der Waals surface area contributed by atoms with E-state index in [1.165, 1.54) is 11.1 Å². The molecule has 0 aliphatic rings. The largest absolute Gasteiger partial charge is 0.397 e. The second-order valence-electron chi connectivity index (χ2n) is 4.60. The SMILES string of the molecule is Cc1cccc(CCNc2ncc(N)cc2C)c1. The third-order valence-electron chi connectivity index (χ3n) is 2.89. The zero-order valence-corrected chi connectivity index (χ0v) is 10.9. The van der Waals surface area contributed by atoms with Gasteiger partial charge in [-0.25, -0.2) is 4.98 Å². The van der Waals surface area contributed by atoms with Gasteiger partial charge in [0.2, 0.25) is 0 Å². The number of aromatic nitrogens is 1. The van der Waals surface area contributed by atoms with E-state index in [0.717, 1.165) is 24.3 Å². The van der Waals surface area contributed by atoms with Gasteiger partial charge in [0.1, 0.15) is 5.82 Å². The van der Waals surface area contributed by atoms with Crippen LogP contribution in [0.4, 0.5) is 11.5 Å². The highest BCUT2D eigenvalue weighted by atomic mass is 15.0. The topological polar surface area (TPSA) is 50.9 Å². The normalized spacial score (nSPS) is 10.3. The van der Waals surface area contributed by atoms with E-state index in [4.69, 9.17) is 5.73 Å². The van der Waals surface area contributed by atoms with Crippen LogP contribution in [0.25, 0.3) is 0 Å². The maximum atomic E-state index is 5.67. The summed E-state index contributed by atoms with van der Waals surface area (Å²) < 4.78 is 0. The Balaban J connectivity index is 1.92. The van der Waals surface area contributed by atoms with Gasteiger partial charge in [-0.3, -0.25) is 0 Å². The average Bonchev–Trinajstić information content (AvgIpc) is 2.32. The van der Waals surface area contributed by atoms with Gasteiger partial charge in [-0.2, -0.15) is 0 Å². The number of anilines is 2. The van der Waals surface area contributed by atoms with Gasteiger partial charge < -0.3 is 11.1 Å². The summed E-state index contributed by atoms with van der Waals surface area (Å²) in [6.07, 6.45) is 2.68. The second kappa shape index (κ2) is 5.54. The molecule has 0 atom stereocenters. The molecule has 0 spiro atoms. The van der Waals surface area contributed by atoms with E-state index in [1.54, 1.807) is 6.20 Å². The van der Waals surface area contributed by atoms with Crippen molar-refractivity contribution in [1.82, 2.24) is 4.98 Å². The molecule has 3 heteroatoms. The lowest BCUT2D eigenvalue weighted by Gasteiger charge is -2.09. The second-order valence-corrected chi connectivity index (χ2v) is 4.60. The van der Waals surface area contributed by atoms with Gasteiger partial charge >= 0.3 is 0 Å². The quantitative estimate of drug-likeness (QED) is 0.865. The Hall–Kier alpha value is -2.03. The fourth-order valence-electron chi connectivity index (χ4n) is 1.97. The van der Waals surface area contributed by atoms with Crippen molar-refractivity contribution in [1.29, 1.82) is 0 Å². The van der Waals surface area contributed by atoms with Crippen LogP contribution in [0.2, 0.25) is 0 Å². The number of nitrogens with two attached hydrogens (primary N) is 1. The first-order valence-corrected chi connectivity index (χ1v) is 6.16. The number of hydrogen-bond donors (Lipinski definition) is 2. The first-order chi connectivity index (χ1) is 8.65. The summed E-state index contributed by atoms with van der Waals surface area (Å²) in [6.45, 7) is 5.00. The lowest BCUT2D eigenvalue weighted by atomic mass is 10.1. The van der Waals surface area contributed by atoms with Gasteiger partial charge in [0, 0.05) is 6.54 Å². The van der Waals surface area contributed by atoms with Crippen LogP contribution in [0.3, 0.4) is 0 Å². The van der Waals surface area contributed by atoms with Gasteiger partial charge in [0.25, 0.3) is 0 Å². The summed E-state index contributed by atoms with van der Waals surface area (Å²) in [5, 5.41) is 3.34. The van der Waals surface area contributed by atoms with Crippen molar-refractivity contribution in [3.05, 3.63) is 53.2 Å². The molecule has 0 saturated carbocycles. The monoisotopic (exact) mass is 241 g/mol. The van der Waals surface area contributed by atoms with E-state index >= 15 is 0 Å². The van der Waals surface area contributed by atoms with Gasteiger partial charge in [0.15, 0.2) is 0 Å². The van der Waals surface area contributed by atoms with E-state index in [9.17, 15) is 0 Å². The van der Waals surface area contributed by atoms with Crippen LogP contribution in [0.1, 0.15) is 16.7 Å². The molecule has 0 fully saturated rings. The van der Waals surface area contributed by atoms with Crippen LogP contribution in [0.5, 0.6) is 0 Å². The predicted molar refractivity (Wildman–Crippen MR) is 76.8 cm³/mol. The maximum absolute atomic E-state index is 5.67. The molecular formula is C15H19N3. The fraction of sp³-hybridized carbons (Fsp3) is 0.267. The molecule has 3 N–H and O–H groups in total. The summed E-state index contributed by atoms with van der Waals surface area (Å²) in [7, 11) is 0. The molecular weight excluding hydrogens is 222 g/mol. The summed E-state index contributed by atoms with van der Waals surface area (Å²) >= 11 is 0. The first-order valence-electron chi connectivity index (χ1n) is 6.16. The molecule has 2 rings (SSSR count). The third-order valence-corrected chi connectivity index (χ3v) is 2.89. The molecule has 18 heavy (non-hydrogen) atoms. The molecule has 3 nitrogen and oxygen atoms in total. The van der Waals surface area contributed by atoms with Gasteiger partial charge in [0.05, 0.1) is 11.9 Å². The molecule has 0 amide bonds. The summed E-state index contributed by atoms with van der Waals surface area (Å²) in [6, 6.07) is 10.5. The minimum absolute atomic E-state index is 0.705. The van der Waals surface area contributed by atoms with Crippen molar-refractivity contribution < 1.29 is 0 Å². The predicted octanol–water partition coefficient (Wildman–Crippen LogP) is 2.94. The lowest BCUT2D eigenvalue weighted by molar-refractivity contribution is 0.999. The van der Waals surface area contributed by atoms with Crippen molar-refractivity contribution in [2.45, 2.75) is 20.3 Å². The van der Waals surface area contributed by atoms with Crippen molar-refractivity contribution in [3.63, 3.8) is 0 Å². The Morgan fingerprint density at radius 2 is 2.06 bits per heavy atom. The lowest BCUT2D eigenvalue weighted by Crippen LogP contribution is -2.08. The summed E-state index contributed by atoms with van der Waals surface area (Å²) in [4.78, 5) is 4.29. The van der Waals surface area contributed by atoms with Crippen molar-refractivity contribution in [3.8, 4) is 0 Å². The Kier molecular flexibility index (Phi) is 3.82. The Morgan fingerprint density at radius 3 is 2.78 bits per heavy atom. The number of nitrogen functional groups attached to an aromatic ring is 1. The van der Waals surface area contributed by atoms with Crippen molar-refractivity contribution in [2.24, 2.45) is 0 Å². The van der Waals surface area contributed by atoms with E-state index in [-0.39, 0.29) is 0 Å². The number of rotatable bonds is 4. The Morgan fingerprint density at radius 1 is 1.22 bits per heavy atom. The fourth-order valence-corrected chi connectivity index (χ4v) is 1.97. The number of hydrogen-bond acceptors (Lipinski definition) is 3. The van der Waals surface area contributed by atoms with E-state index < -0.39 is 0 Å². The Labute approximate surface area is 108 Å². The van der Waals surface area contributed by atoms with Crippen LogP contribution in [-0.2, 0) is 6.42 Å². The number of nitrogens with zero attached hydrogens (tertiary/aromatic N) is 1. The minimum atomic E-state index is 0.705. The smallest absolute Gasteiger partial charge is 0.129 e. The molecule has 2 aromatic rings. The summed E-state index contributed by atoms with van der Waals surface area (Å²) in [5.41, 5.74) is 10.1. The molecule has 0 bridgehead atoms. The third kappa shape index (κ3) is 3.23. The summed E-state index contributed by atoms with van der Waals surface area (Å²) in [5.74, 6) is 0.914. The first kappa shape index (κ1) is 12.4. The van der Waals surface area contributed by atoms with Crippen LogP contribution in [0, 0.1) is 13.8 Å². The molecule has 1 aromatic heterocycles. The standard InChI is InChI=1S/C15H19N3/c1-11-4-3-5-13(8-11)6-7-17-15-12(2)9-14(16)10-18-15/h3-5,8-10H,6-7,16H2,1-2H3,(H,17,18). The van der Waals surface area contributed by atoms with Crippen LogP contribution in [-0.4, -0.2) is 11.5 Å². The van der Waals surface area contributed by atoms with Crippen molar-refractivity contribution >= 4 is 11.5 Å². The van der Waals surface area contributed by atoms with E-state index in [0.29, 0.717) is 5.69 Å². The molecule has 0 unspecified atom stereocenters. The van der Waals surface area contributed by atoms with Gasteiger partial charge in [-0.05, 0) is 37.5 Å². The van der Waals surface area contributed by atoms with Crippen LogP contribution >= 0.6 is 0 Å². The van der Waals surface area contributed by atoms with E-state index in [1.807, 2.05) is 13.0 Å². The molecule has 1 aromatic carbocycles. The van der Waals surface area contributed by atoms with Gasteiger partial charge in [-0.1, -0.05) is 29.8 Å². The highest BCUT2D eigenvalue weighted by Crippen LogP contribution is 2.14. The zero-order valence-electron chi connectivity index (χ0n) is 10.9. The van der Waals surface area contributed by atoms with Crippen LogP contribution < -0.4 is 11.1 Å². The van der Waals surface area contributed by atoms with Crippen molar-refractivity contribution in [2.75, 3.05) is 17.6 Å². The molecule has 0 saturated heterocycles. The highest BCUT2D eigenvalue weighted by molar-refractivity contribution is 5.50. The molecule has 1 heterocycles. The minimum Gasteiger partial charge on any atom is -0.397 e. The van der Waals surface area contributed by atoms with Gasteiger partial charge in [-0.15, -0.1) is 0 Å². The maximum Gasteiger partial charge on any atom is 0.129 e. The molecule has 0 radical (unpaired) electrons. The molecule has 0 aliphatic carbocycles. The van der Waals surface area contributed by atoms with E-state index in [2.05, 4.69) is 41.5 Å². The Bertz CT molecular complexity index is 535. The number of nitrogens with one attached hydrogen (secondary N) is 1. The van der Waals surface area contributed by atoms with Crippen LogP contribution in [0.15, 0.2) is 36.5 Å².